The minimum atomic E-state index is -0.479. The van der Waals surface area contributed by atoms with Crippen LogP contribution < -0.4 is 5.32 Å². The van der Waals surface area contributed by atoms with Gasteiger partial charge in [0, 0.05) is 19.7 Å². The second-order valence-corrected chi connectivity index (χ2v) is 5.52. The Balaban J connectivity index is 2.30. The monoisotopic (exact) mass is 243 g/mol. The molecular formula is C14H29NO2. The summed E-state index contributed by atoms with van der Waals surface area (Å²) >= 11 is 0. The minimum Gasteiger partial charge on any atom is -0.389 e. The molecular weight excluding hydrogens is 214 g/mol. The summed E-state index contributed by atoms with van der Waals surface area (Å²) < 4.78 is 5.16. The van der Waals surface area contributed by atoms with Crippen LogP contribution in [0.2, 0.25) is 0 Å². The highest BCUT2D eigenvalue weighted by atomic mass is 16.5. The SMILES string of the molecule is CCC1CCC(O)(CNC(CC)COC)CC1. The molecule has 1 saturated carbocycles. The molecule has 2 N–H and O–H groups in total. The van der Waals surface area contributed by atoms with Gasteiger partial charge in [-0.15, -0.1) is 0 Å². The molecule has 1 unspecified atom stereocenters. The molecule has 1 aliphatic carbocycles. The maximum absolute atomic E-state index is 10.5. The summed E-state index contributed by atoms with van der Waals surface area (Å²) in [6.07, 6.45) is 6.54. The number of nitrogens with one attached hydrogen (secondary N) is 1. The maximum atomic E-state index is 10.5. The zero-order chi connectivity index (χ0) is 12.7. The fourth-order valence-electron chi connectivity index (χ4n) is 2.66. The largest absolute Gasteiger partial charge is 0.389 e. The van der Waals surface area contributed by atoms with Gasteiger partial charge in [0.05, 0.1) is 12.2 Å². The van der Waals surface area contributed by atoms with Crippen molar-refractivity contribution in [2.75, 3.05) is 20.3 Å². The normalized spacial score (nSPS) is 31.4. The van der Waals surface area contributed by atoms with Crippen molar-refractivity contribution in [3.05, 3.63) is 0 Å². The number of hydrogen-bond donors (Lipinski definition) is 2. The third-order valence-corrected chi connectivity index (χ3v) is 4.19. The Hall–Kier alpha value is -0.120. The van der Waals surface area contributed by atoms with Gasteiger partial charge in [-0.2, -0.15) is 0 Å². The molecule has 0 saturated heterocycles. The van der Waals surface area contributed by atoms with E-state index < -0.39 is 5.60 Å². The summed E-state index contributed by atoms with van der Waals surface area (Å²) in [6, 6.07) is 0.368. The van der Waals surface area contributed by atoms with Gasteiger partial charge in [0.1, 0.15) is 0 Å². The van der Waals surface area contributed by atoms with Crippen molar-refractivity contribution in [2.45, 2.75) is 64.0 Å². The molecule has 1 aliphatic rings. The zero-order valence-corrected chi connectivity index (χ0v) is 11.7. The van der Waals surface area contributed by atoms with Crippen LogP contribution in [0.3, 0.4) is 0 Å². The molecule has 1 rings (SSSR count). The maximum Gasteiger partial charge on any atom is 0.0771 e. The lowest BCUT2D eigenvalue weighted by atomic mass is 9.78. The standard InChI is InChI=1S/C14H29NO2/c1-4-12-6-8-14(16,9-7-12)11-15-13(5-2)10-17-3/h12-13,15-16H,4-11H2,1-3H3. The highest BCUT2D eigenvalue weighted by Gasteiger charge is 2.32. The van der Waals surface area contributed by atoms with E-state index in [2.05, 4.69) is 19.2 Å². The molecule has 3 heteroatoms. The second kappa shape index (κ2) is 7.34. The average Bonchev–Trinajstić information content (AvgIpc) is 2.35. The molecule has 0 aliphatic heterocycles. The molecule has 0 heterocycles. The number of hydrogen-bond acceptors (Lipinski definition) is 3. The van der Waals surface area contributed by atoms with E-state index in [4.69, 9.17) is 4.74 Å². The van der Waals surface area contributed by atoms with Crippen molar-refractivity contribution in [2.24, 2.45) is 5.92 Å². The van der Waals surface area contributed by atoms with Crippen molar-refractivity contribution in [3.63, 3.8) is 0 Å². The Bertz CT molecular complexity index is 200. The van der Waals surface area contributed by atoms with Crippen LogP contribution in [-0.2, 0) is 4.74 Å². The van der Waals surface area contributed by atoms with Crippen molar-refractivity contribution < 1.29 is 9.84 Å². The van der Waals surface area contributed by atoms with E-state index in [1.54, 1.807) is 7.11 Å². The summed E-state index contributed by atoms with van der Waals surface area (Å²) in [4.78, 5) is 0. The lowest BCUT2D eigenvalue weighted by Crippen LogP contribution is -2.47. The molecule has 0 aromatic heterocycles. The molecule has 0 spiro atoms. The number of methoxy groups -OCH3 is 1. The number of ether oxygens (including phenoxy) is 1. The van der Waals surface area contributed by atoms with Gasteiger partial charge in [-0.25, -0.2) is 0 Å². The first-order valence-corrected chi connectivity index (χ1v) is 7.08. The number of aliphatic hydroxyl groups is 1. The summed E-state index contributed by atoms with van der Waals surface area (Å²) in [6.45, 7) is 5.84. The van der Waals surface area contributed by atoms with Gasteiger partial charge < -0.3 is 15.2 Å². The van der Waals surface area contributed by atoms with Crippen LogP contribution in [0.4, 0.5) is 0 Å². The van der Waals surface area contributed by atoms with Crippen LogP contribution >= 0.6 is 0 Å². The van der Waals surface area contributed by atoms with E-state index in [0.29, 0.717) is 12.6 Å². The van der Waals surface area contributed by atoms with Gasteiger partial charge in [0.15, 0.2) is 0 Å². The van der Waals surface area contributed by atoms with Gasteiger partial charge in [-0.05, 0) is 38.0 Å². The lowest BCUT2D eigenvalue weighted by molar-refractivity contribution is -0.0127. The predicted molar refractivity (Wildman–Crippen MR) is 71.2 cm³/mol. The van der Waals surface area contributed by atoms with E-state index in [0.717, 1.165) is 31.8 Å². The quantitative estimate of drug-likeness (QED) is 0.721. The summed E-state index contributed by atoms with van der Waals surface area (Å²) in [5.41, 5.74) is -0.479. The zero-order valence-electron chi connectivity index (χ0n) is 11.7. The molecule has 0 radical (unpaired) electrons. The number of rotatable bonds is 7. The van der Waals surface area contributed by atoms with Crippen LogP contribution in [0.25, 0.3) is 0 Å². The van der Waals surface area contributed by atoms with E-state index in [9.17, 15) is 5.11 Å². The van der Waals surface area contributed by atoms with E-state index in [1.165, 1.54) is 19.3 Å². The van der Waals surface area contributed by atoms with Crippen LogP contribution in [0.15, 0.2) is 0 Å². The molecule has 17 heavy (non-hydrogen) atoms. The molecule has 1 fully saturated rings. The fourth-order valence-corrected chi connectivity index (χ4v) is 2.66. The lowest BCUT2D eigenvalue weighted by Gasteiger charge is -2.37. The van der Waals surface area contributed by atoms with Gasteiger partial charge in [0.2, 0.25) is 0 Å². The average molecular weight is 243 g/mol. The highest BCUT2D eigenvalue weighted by Crippen LogP contribution is 2.33. The summed E-state index contributed by atoms with van der Waals surface area (Å²) in [5.74, 6) is 0.830. The van der Waals surface area contributed by atoms with Gasteiger partial charge >= 0.3 is 0 Å². The molecule has 1 atom stereocenters. The van der Waals surface area contributed by atoms with Gasteiger partial charge in [-0.3, -0.25) is 0 Å². The predicted octanol–water partition coefficient (Wildman–Crippen LogP) is 2.33. The Labute approximate surface area is 106 Å². The van der Waals surface area contributed by atoms with Gasteiger partial charge in [-0.1, -0.05) is 20.3 Å². The third kappa shape index (κ3) is 4.94. The molecule has 102 valence electrons. The Morgan fingerprint density at radius 2 is 2.00 bits per heavy atom. The van der Waals surface area contributed by atoms with Crippen molar-refractivity contribution >= 4 is 0 Å². The van der Waals surface area contributed by atoms with Crippen LogP contribution in [-0.4, -0.2) is 37.0 Å². The first-order chi connectivity index (χ1) is 8.13. The van der Waals surface area contributed by atoms with E-state index in [-0.39, 0.29) is 0 Å². The molecule has 0 bridgehead atoms. The topological polar surface area (TPSA) is 41.5 Å². The van der Waals surface area contributed by atoms with Crippen LogP contribution in [0.5, 0.6) is 0 Å². The third-order valence-electron chi connectivity index (χ3n) is 4.19. The van der Waals surface area contributed by atoms with Crippen LogP contribution in [0.1, 0.15) is 52.4 Å². The second-order valence-electron chi connectivity index (χ2n) is 5.52. The first-order valence-electron chi connectivity index (χ1n) is 7.08. The van der Waals surface area contributed by atoms with Crippen molar-refractivity contribution in [1.82, 2.24) is 5.32 Å². The molecule has 0 amide bonds. The first kappa shape index (κ1) is 14.9. The summed E-state index contributed by atoms with van der Waals surface area (Å²) in [5, 5.41) is 13.9. The Kier molecular flexibility index (Phi) is 6.45. The van der Waals surface area contributed by atoms with Crippen molar-refractivity contribution in [3.8, 4) is 0 Å². The Morgan fingerprint density at radius 1 is 1.35 bits per heavy atom. The van der Waals surface area contributed by atoms with Gasteiger partial charge in [0.25, 0.3) is 0 Å². The summed E-state index contributed by atoms with van der Waals surface area (Å²) in [7, 11) is 1.73. The van der Waals surface area contributed by atoms with Crippen molar-refractivity contribution in [1.29, 1.82) is 0 Å². The highest BCUT2D eigenvalue weighted by molar-refractivity contribution is 4.88. The minimum absolute atomic E-state index is 0.368. The molecule has 0 aromatic carbocycles. The van der Waals surface area contributed by atoms with E-state index in [1.807, 2.05) is 0 Å². The Morgan fingerprint density at radius 3 is 2.47 bits per heavy atom. The molecule has 3 nitrogen and oxygen atoms in total. The smallest absolute Gasteiger partial charge is 0.0771 e. The molecule has 0 aromatic rings. The fraction of sp³-hybridized carbons (Fsp3) is 1.00. The van der Waals surface area contributed by atoms with E-state index >= 15 is 0 Å². The van der Waals surface area contributed by atoms with Crippen LogP contribution in [0, 0.1) is 5.92 Å².